The molecule has 4 rings (SSSR count). The molecule has 0 saturated carbocycles. The molecule has 0 saturated heterocycles. The molecule has 1 aromatic heterocycles. The average Bonchev–Trinajstić information content (AvgIpc) is 2.89. The first-order chi connectivity index (χ1) is 13.2. The molecule has 0 bridgehead atoms. The Balaban J connectivity index is 2.21. The molecule has 1 aliphatic carbocycles. The van der Waals surface area contributed by atoms with Crippen LogP contribution in [0.4, 0.5) is 0 Å². The largest absolute Gasteiger partial charge is 0.493 e. The topological polar surface area (TPSA) is 65.2 Å². The highest BCUT2D eigenvalue weighted by molar-refractivity contribution is 6.15. The smallest absolute Gasteiger partial charge is 0.203 e. The maximum Gasteiger partial charge on any atom is 0.203 e. The van der Waals surface area contributed by atoms with Gasteiger partial charge in [0.05, 0.1) is 27.0 Å². The molecule has 0 aliphatic heterocycles. The summed E-state index contributed by atoms with van der Waals surface area (Å²) in [6.07, 6.45) is 1.31. The van der Waals surface area contributed by atoms with E-state index in [1.807, 2.05) is 25.2 Å². The van der Waals surface area contributed by atoms with Crippen LogP contribution < -0.4 is 14.2 Å². The molecule has 6 nitrogen and oxygen atoms in total. The van der Waals surface area contributed by atoms with Gasteiger partial charge >= 0.3 is 0 Å². The second-order valence-electron chi connectivity index (χ2n) is 6.53. The molecule has 1 aliphatic rings. The van der Waals surface area contributed by atoms with Crippen molar-refractivity contribution in [3.63, 3.8) is 0 Å². The van der Waals surface area contributed by atoms with E-state index in [2.05, 4.69) is 21.9 Å². The lowest BCUT2D eigenvalue weighted by Gasteiger charge is -2.19. The van der Waals surface area contributed by atoms with E-state index in [1.54, 1.807) is 21.3 Å². The van der Waals surface area contributed by atoms with Crippen molar-refractivity contribution < 1.29 is 19.4 Å². The zero-order chi connectivity index (χ0) is 19.1. The minimum Gasteiger partial charge on any atom is -0.493 e. The third kappa shape index (κ3) is 2.36. The third-order valence-electron chi connectivity index (χ3n) is 5.29. The van der Waals surface area contributed by atoms with Crippen LogP contribution in [0.2, 0.25) is 0 Å². The number of benzene rings is 2. The van der Waals surface area contributed by atoms with Crippen molar-refractivity contribution in [1.82, 2.24) is 4.57 Å². The normalized spacial score (nSPS) is 14.6. The summed E-state index contributed by atoms with van der Waals surface area (Å²) < 4.78 is 19.0. The minimum atomic E-state index is 0.557. The SMILES string of the molecule is COc1cc2c(c(OC)c1OC)-c1c(n(C)c3ccccc13)/C(=N\O)CC2. The van der Waals surface area contributed by atoms with Gasteiger partial charge in [0.15, 0.2) is 11.5 Å². The van der Waals surface area contributed by atoms with E-state index >= 15 is 0 Å². The Morgan fingerprint density at radius 2 is 1.70 bits per heavy atom. The molecular weight excluding hydrogens is 344 g/mol. The van der Waals surface area contributed by atoms with Crippen LogP contribution in [0.25, 0.3) is 22.0 Å². The number of rotatable bonds is 3. The molecule has 1 N–H and O–H groups in total. The quantitative estimate of drug-likeness (QED) is 0.562. The van der Waals surface area contributed by atoms with Gasteiger partial charge in [-0.05, 0) is 30.5 Å². The number of aromatic nitrogens is 1. The van der Waals surface area contributed by atoms with Gasteiger partial charge in [-0.3, -0.25) is 0 Å². The molecule has 1 heterocycles. The predicted octanol–water partition coefficient (Wildman–Crippen LogP) is 4.00. The first-order valence-electron chi connectivity index (χ1n) is 8.77. The molecule has 6 heteroatoms. The summed E-state index contributed by atoms with van der Waals surface area (Å²) in [5.74, 6) is 1.81. The van der Waals surface area contributed by atoms with Crippen molar-refractivity contribution in [1.29, 1.82) is 0 Å². The van der Waals surface area contributed by atoms with E-state index < -0.39 is 0 Å². The zero-order valence-electron chi connectivity index (χ0n) is 15.9. The van der Waals surface area contributed by atoms with Crippen LogP contribution >= 0.6 is 0 Å². The fourth-order valence-corrected chi connectivity index (χ4v) is 4.13. The standard InChI is InChI=1S/C21H22N2O4/c1-23-15-8-6-5-7-13(15)18-17-12(9-10-14(22-24)19(18)23)11-16(25-2)20(26-3)21(17)27-4/h5-8,11,24H,9-10H2,1-4H3/b22-14-. The fraction of sp³-hybridized carbons (Fsp3) is 0.286. The van der Waals surface area contributed by atoms with E-state index in [0.29, 0.717) is 35.8 Å². The molecule has 2 aromatic carbocycles. The summed E-state index contributed by atoms with van der Waals surface area (Å²) in [6, 6.07) is 10.1. The Morgan fingerprint density at radius 1 is 0.963 bits per heavy atom. The van der Waals surface area contributed by atoms with Crippen LogP contribution in [0.5, 0.6) is 17.2 Å². The van der Waals surface area contributed by atoms with Crippen LogP contribution in [0, 0.1) is 0 Å². The molecule has 0 amide bonds. The lowest BCUT2D eigenvalue weighted by Crippen LogP contribution is -2.07. The van der Waals surface area contributed by atoms with Crippen molar-refractivity contribution in [2.24, 2.45) is 12.2 Å². The fourth-order valence-electron chi connectivity index (χ4n) is 4.13. The Morgan fingerprint density at radius 3 is 2.37 bits per heavy atom. The van der Waals surface area contributed by atoms with Crippen LogP contribution in [-0.4, -0.2) is 36.8 Å². The van der Waals surface area contributed by atoms with Crippen LogP contribution in [-0.2, 0) is 13.5 Å². The predicted molar refractivity (Wildman–Crippen MR) is 105 cm³/mol. The third-order valence-corrected chi connectivity index (χ3v) is 5.29. The van der Waals surface area contributed by atoms with Gasteiger partial charge in [-0.25, -0.2) is 0 Å². The summed E-state index contributed by atoms with van der Waals surface area (Å²) >= 11 is 0. The number of fused-ring (bicyclic) bond motifs is 5. The van der Waals surface area contributed by atoms with Crippen molar-refractivity contribution in [2.75, 3.05) is 21.3 Å². The minimum absolute atomic E-state index is 0.557. The van der Waals surface area contributed by atoms with E-state index in [4.69, 9.17) is 14.2 Å². The van der Waals surface area contributed by atoms with Gasteiger partial charge in [-0.2, -0.15) is 0 Å². The summed E-state index contributed by atoms with van der Waals surface area (Å²) in [5, 5.41) is 14.4. The molecule has 0 unspecified atom stereocenters. The van der Waals surface area contributed by atoms with Crippen molar-refractivity contribution in [3.8, 4) is 28.4 Å². The monoisotopic (exact) mass is 366 g/mol. The molecule has 0 radical (unpaired) electrons. The lowest BCUT2D eigenvalue weighted by molar-refractivity contribution is 0.317. The lowest BCUT2D eigenvalue weighted by atomic mass is 9.95. The van der Waals surface area contributed by atoms with Crippen LogP contribution in [0.15, 0.2) is 35.5 Å². The second kappa shape index (κ2) is 6.54. The van der Waals surface area contributed by atoms with E-state index in [0.717, 1.165) is 33.3 Å². The Kier molecular flexibility index (Phi) is 4.18. The molecule has 140 valence electrons. The molecule has 0 fully saturated rings. The van der Waals surface area contributed by atoms with Gasteiger partial charge < -0.3 is 24.0 Å². The van der Waals surface area contributed by atoms with Gasteiger partial charge in [0.1, 0.15) is 5.71 Å². The van der Waals surface area contributed by atoms with Crippen molar-refractivity contribution >= 4 is 16.6 Å². The van der Waals surface area contributed by atoms with E-state index in [9.17, 15) is 5.21 Å². The summed E-state index contributed by atoms with van der Waals surface area (Å²) in [6.45, 7) is 0. The van der Waals surface area contributed by atoms with Gasteiger partial charge in [0, 0.05) is 29.1 Å². The second-order valence-corrected chi connectivity index (χ2v) is 6.53. The first-order valence-corrected chi connectivity index (χ1v) is 8.77. The van der Waals surface area contributed by atoms with Gasteiger partial charge in [0.25, 0.3) is 0 Å². The van der Waals surface area contributed by atoms with Crippen molar-refractivity contribution in [2.45, 2.75) is 12.8 Å². The van der Waals surface area contributed by atoms with Crippen LogP contribution in [0.1, 0.15) is 17.7 Å². The molecule has 0 spiro atoms. The number of ether oxygens (including phenoxy) is 3. The number of hydrogen-bond donors (Lipinski definition) is 1. The highest BCUT2D eigenvalue weighted by Gasteiger charge is 2.31. The number of methoxy groups -OCH3 is 3. The summed E-state index contributed by atoms with van der Waals surface area (Å²) in [7, 11) is 6.84. The number of para-hydroxylation sites is 1. The first kappa shape index (κ1) is 17.3. The molecular formula is C21H22N2O4. The average molecular weight is 366 g/mol. The number of hydrogen-bond acceptors (Lipinski definition) is 5. The summed E-state index contributed by atoms with van der Waals surface area (Å²) in [4.78, 5) is 0. The van der Waals surface area contributed by atoms with Crippen molar-refractivity contribution in [3.05, 3.63) is 41.6 Å². The van der Waals surface area contributed by atoms with Gasteiger partial charge in [0.2, 0.25) is 5.75 Å². The molecule has 3 aromatic rings. The Hall–Kier alpha value is -3.15. The van der Waals surface area contributed by atoms with E-state index in [-0.39, 0.29) is 0 Å². The van der Waals surface area contributed by atoms with Crippen LogP contribution in [0.3, 0.4) is 0 Å². The summed E-state index contributed by atoms with van der Waals surface area (Å²) in [5.41, 5.74) is 5.63. The highest BCUT2D eigenvalue weighted by atomic mass is 16.5. The number of oxime groups is 1. The van der Waals surface area contributed by atoms with Gasteiger partial charge in [-0.1, -0.05) is 23.4 Å². The molecule has 27 heavy (non-hydrogen) atoms. The maximum absolute atomic E-state index is 9.71. The van der Waals surface area contributed by atoms with Gasteiger partial charge in [-0.15, -0.1) is 0 Å². The van der Waals surface area contributed by atoms with E-state index in [1.165, 1.54) is 0 Å². The maximum atomic E-state index is 9.71. The highest BCUT2D eigenvalue weighted by Crippen LogP contribution is 2.51. The Labute approximate surface area is 157 Å². The number of nitrogens with zero attached hydrogens (tertiary/aromatic N) is 2. The molecule has 0 atom stereocenters. The number of aryl methyl sites for hydroxylation is 2. The zero-order valence-corrected chi connectivity index (χ0v) is 15.9. The Bertz CT molecular complexity index is 1070.